The van der Waals surface area contributed by atoms with Gasteiger partial charge in [-0.1, -0.05) is 0 Å². The highest BCUT2D eigenvalue weighted by atomic mass is 19.3. The van der Waals surface area contributed by atoms with Gasteiger partial charge in [0.1, 0.15) is 5.60 Å². The molecule has 82 valence electrons. The van der Waals surface area contributed by atoms with Gasteiger partial charge in [0.2, 0.25) is 0 Å². The molecule has 0 saturated heterocycles. The summed E-state index contributed by atoms with van der Waals surface area (Å²) in [7, 11) is 0. The van der Waals surface area contributed by atoms with Gasteiger partial charge in [-0.3, -0.25) is 4.79 Å². The SMILES string of the molecule is CC(C)(O)C(=O)NC1CCCC1(F)F. The van der Waals surface area contributed by atoms with Crippen LogP contribution >= 0.6 is 0 Å². The summed E-state index contributed by atoms with van der Waals surface area (Å²) >= 11 is 0. The van der Waals surface area contributed by atoms with Crippen LogP contribution in [0.25, 0.3) is 0 Å². The number of hydrogen-bond acceptors (Lipinski definition) is 2. The van der Waals surface area contributed by atoms with E-state index in [1.165, 1.54) is 13.8 Å². The van der Waals surface area contributed by atoms with Gasteiger partial charge in [-0.2, -0.15) is 0 Å². The predicted molar refractivity (Wildman–Crippen MR) is 47.0 cm³/mol. The van der Waals surface area contributed by atoms with Crippen LogP contribution in [0.2, 0.25) is 0 Å². The number of hydrogen-bond donors (Lipinski definition) is 2. The molecule has 1 aliphatic carbocycles. The quantitative estimate of drug-likeness (QED) is 0.711. The molecule has 0 aromatic carbocycles. The topological polar surface area (TPSA) is 49.3 Å². The number of carbonyl (C=O) groups excluding carboxylic acids is 1. The summed E-state index contributed by atoms with van der Waals surface area (Å²) < 4.78 is 26.1. The average molecular weight is 207 g/mol. The van der Waals surface area contributed by atoms with Gasteiger partial charge < -0.3 is 10.4 Å². The summed E-state index contributed by atoms with van der Waals surface area (Å²) in [4.78, 5) is 11.2. The van der Waals surface area contributed by atoms with Crippen molar-refractivity contribution >= 4 is 5.91 Å². The van der Waals surface area contributed by atoms with Crippen molar-refractivity contribution in [2.45, 2.75) is 50.7 Å². The fourth-order valence-electron chi connectivity index (χ4n) is 1.44. The Bertz CT molecular complexity index is 235. The van der Waals surface area contributed by atoms with E-state index in [0.29, 0.717) is 6.42 Å². The van der Waals surface area contributed by atoms with Crippen LogP contribution in [-0.2, 0) is 4.79 Å². The fourth-order valence-corrected chi connectivity index (χ4v) is 1.44. The molecule has 1 amide bonds. The molecule has 1 saturated carbocycles. The summed E-state index contributed by atoms with van der Waals surface area (Å²) in [6.45, 7) is 2.55. The van der Waals surface area contributed by atoms with Gasteiger partial charge in [0.15, 0.2) is 0 Å². The lowest BCUT2D eigenvalue weighted by molar-refractivity contribution is -0.140. The largest absolute Gasteiger partial charge is 0.381 e. The van der Waals surface area contributed by atoms with Crippen molar-refractivity contribution in [3.8, 4) is 0 Å². The van der Waals surface area contributed by atoms with Crippen LogP contribution < -0.4 is 5.32 Å². The van der Waals surface area contributed by atoms with E-state index in [9.17, 15) is 18.7 Å². The van der Waals surface area contributed by atoms with Crippen molar-refractivity contribution in [1.82, 2.24) is 5.32 Å². The predicted octanol–water partition coefficient (Wildman–Crippen LogP) is 1.06. The fraction of sp³-hybridized carbons (Fsp3) is 0.889. The minimum absolute atomic E-state index is 0.191. The van der Waals surface area contributed by atoms with Crippen LogP contribution in [0.5, 0.6) is 0 Å². The zero-order valence-corrected chi connectivity index (χ0v) is 8.31. The van der Waals surface area contributed by atoms with Crippen molar-refractivity contribution in [3.63, 3.8) is 0 Å². The number of nitrogens with one attached hydrogen (secondary N) is 1. The monoisotopic (exact) mass is 207 g/mol. The van der Waals surface area contributed by atoms with E-state index >= 15 is 0 Å². The normalized spacial score (nSPS) is 26.2. The second-order valence-corrected chi connectivity index (χ2v) is 4.24. The molecule has 14 heavy (non-hydrogen) atoms. The van der Waals surface area contributed by atoms with Crippen molar-refractivity contribution in [3.05, 3.63) is 0 Å². The third kappa shape index (κ3) is 2.41. The molecule has 0 bridgehead atoms. The average Bonchev–Trinajstić information content (AvgIpc) is 2.29. The Kier molecular flexibility index (Phi) is 2.81. The van der Waals surface area contributed by atoms with Crippen molar-refractivity contribution in [2.75, 3.05) is 0 Å². The molecule has 5 heteroatoms. The van der Waals surface area contributed by atoms with E-state index in [0.717, 1.165) is 0 Å². The van der Waals surface area contributed by atoms with Gasteiger partial charge >= 0.3 is 0 Å². The Labute approximate surface area is 81.5 Å². The summed E-state index contributed by atoms with van der Waals surface area (Å²) in [6.07, 6.45) is 0.489. The molecule has 0 heterocycles. The van der Waals surface area contributed by atoms with Crippen LogP contribution in [0.3, 0.4) is 0 Å². The molecule has 0 radical (unpaired) electrons. The molecule has 0 aliphatic heterocycles. The molecule has 1 unspecified atom stereocenters. The second-order valence-electron chi connectivity index (χ2n) is 4.24. The summed E-state index contributed by atoms with van der Waals surface area (Å²) in [6, 6.07) is -1.12. The standard InChI is InChI=1S/C9H15F2NO2/c1-8(2,14)7(13)12-6-4-3-5-9(6,10)11/h6,14H,3-5H2,1-2H3,(H,12,13). The van der Waals surface area contributed by atoms with Crippen LogP contribution in [-0.4, -0.2) is 28.6 Å². The van der Waals surface area contributed by atoms with Crippen molar-refractivity contribution in [2.24, 2.45) is 0 Å². The Morgan fingerprint density at radius 2 is 2.14 bits per heavy atom. The molecule has 1 atom stereocenters. The lowest BCUT2D eigenvalue weighted by atomic mass is 10.1. The number of amides is 1. The van der Waals surface area contributed by atoms with E-state index < -0.39 is 23.5 Å². The molecule has 0 spiro atoms. The third-order valence-corrected chi connectivity index (χ3v) is 2.37. The van der Waals surface area contributed by atoms with Crippen molar-refractivity contribution < 1.29 is 18.7 Å². The van der Waals surface area contributed by atoms with Crippen molar-refractivity contribution in [1.29, 1.82) is 0 Å². The van der Waals surface area contributed by atoms with E-state index in [2.05, 4.69) is 5.32 Å². The van der Waals surface area contributed by atoms with Gasteiger partial charge in [-0.05, 0) is 26.7 Å². The smallest absolute Gasteiger partial charge is 0.267 e. The molecule has 1 fully saturated rings. The van der Waals surface area contributed by atoms with E-state index in [1.54, 1.807) is 0 Å². The molecule has 1 aliphatic rings. The van der Waals surface area contributed by atoms with Crippen LogP contribution in [0, 0.1) is 0 Å². The first-order chi connectivity index (χ1) is 6.23. The molecular weight excluding hydrogens is 192 g/mol. The molecular formula is C9H15F2NO2. The van der Waals surface area contributed by atoms with E-state index in [-0.39, 0.29) is 12.8 Å². The zero-order valence-electron chi connectivity index (χ0n) is 8.31. The Morgan fingerprint density at radius 1 is 1.57 bits per heavy atom. The molecule has 1 rings (SSSR count). The maximum absolute atomic E-state index is 13.1. The van der Waals surface area contributed by atoms with Crippen LogP contribution in [0.4, 0.5) is 8.78 Å². The number of carbonyl (C=O) groups is 1. The first-order valence-corrected chi connectivity index (χ1v) is 4.64. The van der Waals surface area contributed by atoms with E-state index in [1.807, 2.05) is 0 Å². The Balaban J connectivity index is 2.57. The van der Waals surface area contributed by atoms with E-state index in [4.69, 9.17) is 0 Å². The summed E-state index contributed by atoms with van der Waals surface area (Å²) in [5.41, 5.74) is -1.60. The van der Waals surface area contributed by atoms with Gasteiger partial charge in [-0.25, -0.2) is 8.78 Å². The van der Waals surface area contributed by atoms with Crippen LogP contribution in [0.1, 0.15) is 33.1 Å². The first-order valence-electron chi connectivity index (χ1n) is 4.64. The lowest BCUT2D eigenvalue weighted by Crippen LogP contribution is -2.51. The maximum atomic E-state index is 13.1. The van der Waals surface area contributed by atoms with Gasteiger partial charge in [0.05, 0.1) is 6.04 Å². The van der Waals surface area contributed by atoms with Gasteiger partial charge in [0.25, 0.3) is 11.8 Å². The van der Waals surface area contributed by atoms with Gasteiger partial charge in [0, 0.05) is 6.42 Å². The first kappa shape index (κ1) is 11.4. The second kappa shape index (κ2) is 3.46. The molecule has 0 aromatic heterocycles. The summed E-state index contributed by atoms with van der Waals surface area (Å²) in [5.74, 6) is -3.58. The number of aliphatic hydroxyl groups is 1. The zero-order chi connectivity index (χ0) is 11.0. The minimum Gasteiger partial charge on any atom is -0.381 e. The molecule has 3 nitrogen and oxygen atoms in total. The summed E-state index contributed by atoms with van der Waals surface area (Å²) in [5, 5.41) is 11.4. The molecule has 0 aromatic rings. The number of halogens is 2. The number of alkyl halides is 2. The maximum Gasteiger partial charge on any atom is 0.267 e. The third-order valence-electron chi connectivity index (χ3n) is 2.37. The number of rotatable bonds is 2. The minimum atomic E-state index is -2.83. The highest BCUT2D eigenvalue weighted by Gasteiger charge is 2.45. The molecule has 2 N–H and O–H groups in total. The highest BCUT2D eigenvalue weighted by Crippen LogP contribution is 2.35. The Hall–Kier alpha value is -0.710. The van der Waals surface area contributed by atoms with Gasteiger partial charge in [-0.15, -0.1) is 0 Å². The van der Waals surface area contributed by atoms with Crippen LogP contribution in [0.15, 0.2) is 0 Å². The lowest BCUT2D eigenvalue weighted by Gasteiger charge is -2.24. The Morgan fingerprint density at radius 3 is 2.50 bits per heavy atom. The highest BCUT2D eigenvalue weighted by molar-refractivity contribution is 5.84.